The first-order valence-corrected chi connectivity index (χ1v) is 6.67. The second-order valence-electron chi connectivity index (χ2n) is 4.62. The molecule has 0 saturated heterocycles. The van der Waals surface area contributed by atoms with Crippen molar-refractivity contribution in [2.24, 2.45) is 0 Å². The standard InChI is InChI=1S/C14H15ClN4/c1-16-14-18-8-12(15)13(19-14)17-7-10-6-9-4-2-3-5-11(9)10/h2-5,8,10H,6-7H2,1H3,(H2,16,17,18,19). The Hall–Kier alpha value is -1.81. The van der Waals surface area contributed by atoms with Crippen molar-refractivity contribution in [2.45, 2.75) is 12.3 Å². The van der Waals surface area contributed by atoms with Crippen LogP contribution in [0.5, 0.6) is 0 Å². The van der Waals surface area contributed by atoms with E-state index >= 15 is 0 Å². The molecule has 19 heavy (non-hydrogen) atoms. The number of halogens is 1. The second-order valence-corrected chi connectivity index (χ2v) is 5.03. The van der Waals surface area contributed by atoms with E-state index < -0.39 is 0 Å². The molecule has 1 atom stereocenters. The van der Waals surface area contributed by atoms with Crippen molar-refractivity contribution in [1.29, 1.82) is 0 Å². The molecule has 0 radical (unpaired) electrons. The molecule has 0 amide bonds. The van der Waals surface area contributed by atoms with Crippen LogP contribution in [0.25, 0.3) is 0 Å². The molecule has 1 aliphatic carbocycles. The molecule has 3 rings (SSSR count). The van der Waals surface area contributed by atoms with Crippen LogP contribution in [0.4, 0.5) is 11.8 Å². The van der Waals surface area contributed by atoms with Gasteiger partial charge in [0.1, 0.15) is 5.02 Å². The first kappa shape index (κ1) is 12.2. The van der Waals surface area contributed by atoms with E-state index in [0.717, 1.165) is 13.0 Å². The minimum absolute atomic E-state index is 0.542. The maximum absolute atomic E-state index is 6.08. The number of nitrogens with zero attached hydrogens (tertiary/aromatic N) is 2. The van der Waals surface area contributed by atoms with Gasteiger partial charge < -0.3 is 10.6 Å². The lowest BCUT2D eigenvalue weighted by molar-refractivity contribution is 0.634. The fourth-order valence-electron chi connectivity index (χ4n) is 2.38. The normalized spacial score (nSPS) is 16.4. The summed E-state index contributed by atoms with van der Waals surface area (Å²) in [5.74, 6) is 1.80. The maximum Gasteiger partial charge on any atom is 0.224 e. The summed E-state index contributed by atoms with van der Waals surface area (Å²) in [7, 11) is 1.79. The zero-order chi connectivity index (χ0) is 13.2. The van der Waals surface area contributed by atoms with Crippen molar-refractivity contribution >= 4 is 23.4 Å². The average Bonchev–Trinajstić information content (AvgIpc) is 2.42. The molecule has 98 valence electrons. The number of rotatable bonds is 4. The van der Waals surface area contributed by atoms with E-state index in [9.17, 15) is 0 Å². The highest BCUT2D eigenvalue weighted by Crippen LogP contribution is 2.35. The molecule has 2 N–H and O–H groups in total. The molecule has 0 bridgehead atoms. The van der Waals surface area contributed by atoms with Gasteiger partial charge in [0.2, 0.25) is 5.95 Å². The number of anilines is 2. The molecule has 0 fully saturated rings. The molecule has 1 aliphatic rings. The zero-order valence-corrected chi connectivity index (χ0v) is 11.4. The topological polar surface area (TPSA) is 49.8 Å². The summed E-state index contributed by atoms with van der Waals surface area (Å²) < 4.78 is 0. The third-order valence-electron chi connectivity index (χ3n) is 3.44. The number of benzene rings is 1. The summed E-state index contributed by atoms with van der Waals surface area (Å²) >= 11 is 6.08. The van der Waals surface area contributed by atoms with Gasteiger partial charge in [0, 0.05) is 19.5 Å². The fourth-order valence-corrected chi connectivity index (χ4v) is 2.53. The highest BCUT2D eigenvalue weighted by Gasteiger charge is 2.25. The molecule has 0 spiro atoms. The Morgan fingerprint density at radius 1 is 1.37 bits per heavy atom. The Kier molecular flexibility index (Phi) is 3.25. The van der Waals surface area contributed by atoms with E-state index in [1.54, 1.807) is 13.2 Å². The van der Waals surface area contributed by atoms with E-state index in [4.69, 9.17) is 11.6 Å². The summed E-state index contributed by atoms with van der Waals surface area (Å²) in [6.45, 7) is 0.844. The van der Waals surface area contributed by atoms with Gasteiger partial charge >= 0.3 is 0 Å². The van der Waals surface area contributed by atoms with Crippen LogP contribution in [0, 0.1) is 0 Å². The monoisotopic (exact) mass is 274 g/mol. The smallest absolute Gasteiger partial charge is 0.224 e. The lowest BCUT2D eigenvalue weighted by atomic mass is 9.78. The predicted molar refractivity (Wildman–Crippen MR) is 78.0 cm³/mol. The van der Waals surface area contributed by atoms with E-state index in [-0.39, 0.29) is 0 Å². The van der Waals surface area contributed by atoms with E-state index in [0.29, 0.717) is 22.7 Å². The van der Waals surface area contributed by atoms with Crippen molar-refractivity contribution in [3.63, 3.8) is 0 Å². The average molecular weight is 275 g/mol. The van der Waals surface area contributed by atoms with Gasteiger partial charge in [-0.15, -0.1) is 0 Å². The van der Waals surface area contributed by atoms with Gasteiger partial charge in [0.25, 0.3) is 0 Å². The van der Waals surface area contributed by atoms with Gasteiger partial charge in [0.15, 0.2) is 5.82 Å². The van der Waals surface area contributed by atoms with Crippen molar-refractivity contribution in [3.05, 3.63) is 46.6 Å². The summed E-state index contributed by atoms with van der Waals surface area (Å²) in [6.07, 6.45) is 2.72. The van der Waals surface area contributed by atoms with E-state index in [2.05, 4.69) is 44.9 Å². The number of aromatic nitrogens is 2. The van der Waals surface area contributed by atoms with Crippen LogP contribution < -0.4 is 10.6 Å². The molecule has 2 aromatic rings. The van der Waals surface area contributed by atoms with Crippen molar-refractivity contribution < 1.29 is 0 Å². The van der Waals surface area contributed by atoms with Gasteiger partial charge in [-0.1, -0.05) is 35.9 Å². The Morgan fingerprint density at radius 2 is 2.21 bits per heavy atom. The lowest BCUT2D eigenvalue weighted by Gasteiger charge is -2.30. The van der Waals surface area contributed by atoms with Crippen LogP contribution in [0.3, 0.4) is 0 Å². The summed E-state index contributed by atoms with van der Waals surface area (Å²) in [4.78, 5) is 8.37. The van der Waals surface area contributed by atoms with Crippen molar-refractivity contribution in [1.82, 2.24) is 9.97 Å². The second kappa shape index (κ2) is 5.05. The van der Waals surface area contributed by atoms with Gasteiger partial charge in [-0.3, -0.25) is 0 Å². The number of fused-ring (bicyclic) bond motifs is 1. The molecule has 1 heterocycles. The Labute approximate surface area is 117 Å². The molecule has 5 heteroatoms. The molecule has 1 aromatic carbocycles. The zero-order valence-electron chi connectivity index (χ0n) is 10.7. The first-order chi connectivity index (χ1) is 9.28. The van der Waals surface area contributed by atoms with Crippen LogP contribution in [-0.2, 0) is 6.42 Å². The SMILES string of the molecule is CNc1ncc(Cl)c(NCC2Cc3ccccc32)n1. The molecule has 1 aromatic heterocycles. The molecule has 1 unspecified atom stereocenters. The van der Waals surface area contributed by atoms with Crippen molar-refractivity contribution in [2.75, 3.05) is 24.2 Å². The van der Waals surface area contributed by atoms with Crippen LogP contribution >= 0.6 is 11.6 Å². The first-order valence-electron chi connectivity index (χ1n) is 6.30. The van der Waals surface area contributed by atoms with Gasteiger partial charge in [0.05, 0.1) is 6.20 Å². The maximum atomic E-state index is 6.08. The molecule has 4 nitrogen and oxygen atoms in total. The molecular weight excluding hydrogens is 260 g/mol. The highest BCUT2D eigenvalue weighted by molar-refractivity contribution is 6.32. The van der Waals surface area contributed by atoms with E-state index in [1.165, 1.54) is 11.1 Å². The summed E-state index contributed by atoms with van der Waals surface area (Å²) in [5.41, 5.74) is 2.87. The minimum atomic E-state index is 0.542. The Morgan fingerprint density at radius 3 is 3.00 bits per heavy atom. The Balaban J connectivity index is 1.68. The molecule has 0 saturated carbocycles. The predicted octanol–water partition coefficient (Wildman–Crippen LogP) is 2.92. The van der Waals surface area contributed by atoms with Crippen LogP contribution in [-0.4, -0.2) is 23.6 Å². The molecular formula is C14H15ClN4. The largest absolute Gasteiger partial charge is 0.368 e. The van der Waals surface area contributed by atoms with Gasteiger partial charge in [-0.25, -0.2) is 4.98 Å². The van der Waals surface area contributed by atoms with Crippen LogP contribution in [0.2, 0.25) is 5.02 Å². The van der Waals surface area contributed by atoms with Gasteiger partial charge in [-0.05, 0) is 17.5 Å². The quantitative estimate of drug-likeness (QED) is 0.900. The summed E-state index contributed by atoms with van der Waals surface area (Å²) in [5, 5.41) is 6.76. The third-order valence-corrected chi connectivity index (χ3v) is 3.72. The summed E-state index contributed by atoms with van der Waals surface area (Å²) in [6, 6.07) is 8.54. The molecule has 0 aliphatic heterocycles. The lowest BCUT2D eigenvalue weighted by Crippen LogP contribution is -2.24. The fraction of sp³-hybridized carbons (Fsp3) is 0.286. The third kappa shape index (κ3) is 2.36. The highest BCUT2D eigenvalue weighted by atomic mass is 35.5. The van der Waals surface area contributed by atoms with E-state index in [1.807, 2.05) is 0 Å². The number of hydrogen-bond acceptors (Lipinski definition) is 4. The minimum Gasteiger partial charge on any atom is -0.368 e. The number of nitrogens with one attached hydrogen (secondary N) is 2. The Bertz CT molecular complexity index is 600. The van der Waals surface area contributed by atoms with Crippen molar-refractivity contribution in [3.8, 4) is 0 Å². The van der Waals surface area contributed by atoms with Gasteiger partial charge in [-0.2, -0.15) is 4.98 Å². The van der Waals surface area contributed by atoms with Crippen LogP contribution in [0.15, 0.2) is 30.5 Å². The number of hydrogen-bond donors (Lipinski definition) is 2. The van der Waals surface area contributed by atoms with Crippen LogP contribution in [0.1, 0.15) is 17.0 Å².